The summed E-state index contributed by atoms with van der Waals surface area (Å²) in [5.41, 5.74) is 4.76. The van der Waals surface area contributed by atoms with Gasteiger partial charge in [-0.25, -0.2) is 4.39 Å². The van der Waals surface area contributed by atoms with Crippen molar-refractivity contribution in [3.63, 3.8) is 0 Å². The normalized spacial score (nSPS) is 12.3. The van der Waals surface area contributed by atoms with Gasteiger partial charge in [-0.3, -0.25) is 4.98 Å². The minimum absolute atomic E-state index is 0.0173. The first kappa shape index (κ1) is 15.0. The second kappa shape index (κ2) is 5.92. The number of nitrogens with zero attached hydrogens (tertiary/aromatic N) is 1. The Morgan fingerprint density at radius 2 is 1.95 bits per heavy atom. The highest BCUT2D eigenvalue weighted by atomic mass is 79.9. The molecule has 20 heavy (non-hydrogen) atoms. The van der Waals surface area contributed by atoms with Crippen molar-refractivity contribution in [2.75, 3.05) is 5.32 Å². The number of para-hydroxylation sites is 1. The first-order valence-corrected chi connectivity index (χ1v) is 7.34. The van der Waals surface area contributed by atoms with E-state index in [1.165, 1.54) is 11.6 Å². The summed E-state index contributed by atoms with van der Waals surface area (Å²) in [7, 11) is 0. The van der Waals surface area contributed by atoms with Gasteiger partial charge in [-0.2, -0.15) is 0 Å². The average molecular weight is 337 g/mol. The molecule has 0 aliphatic heterocycles. The molecule has 2 rings (SSSR count). The van der Waals surface area contributed by atoms with Crippen molar-refractivity contribution >= 4 is 21.6 Å². The molecule has 0 aliphatic rings. The maximum absolute atomic E-state index is 13.9. The fraction of sp³-hybridized carbons (Fsp3) is 0.312. The molecule has 1 unspecified atom stereocenters. The zero-order chi connectivity index (χ0) is 14.9. The van der Waals surface area contributed by atoms with Crippen LogP contribution in [0.3, 0.4) is 0 Å². The summed E-state index contributed by atoms with van der Waals surface area (Å²) < 4.78 is 14.6. The van der Waals surface area contributed by atoms with Crippen molar-refractivity contribution in [3.05, 3.63) is 57.1 Å². The molecule has 0 spiro atoms. The van der Waals surface area contributed by atoms with Crippen LogP contribution in [-0.4, -0.2) is 4.98 Å². The van der Waals surface area contributed by atoms with Crippen molar-refractivity contribution in [2.24, 2.45) is 0 Å². The molecule has 2 aromatic rings. The molecule has 0 fully saturated rings. The number of halogens is 2. The molecule has 4 heteroatoms. The van der Waals surface area contributed by atoms with Crippen LogP contribution in [0.1, 0.15) is 35.5 Å². The van der Waals surface area contributed by atoms with E-state index >= 15 is 0 Å². The van der Waals surface area contributed by atoms with Crippen molar-refractivity contribution in [3.8, 4) is 0 Å². The summed E-state index contributed by atoms with van der Waals surface area (Å²) in [6.45, 7) is 8.05. The molecule has 0 saturated heterocycles. The Morgan fingerprint density at radius 1 is 1.25 bits per heavy atom. The molecule has 1 aromatic heterocycles. The van der Waals surface area contributed by atoms with Gasteiger partial charge in [0.05, 0.1) is 11.7 Å². The van der Waals surface area contributed by atoms with E-state index in [4.69, 9.17) is 0 Å². The van der Waals surface area contributed by atoms with Gasteiger partial charge >= 0.3 is 0 Å². The lowest BCUT2D eigenvalue weighted by molar-refractivity contribution is 0.626. The number of hydrogen-bond acceptors (Lipinski definition) is 2. The van der Waals surface area contributed by atoms with Gasteiger partial charge in [0.25, 0.3) is 0 Å². The first-order valence-electron chi connectivity index (χ1n) is 6.55. The number of benzene rings is 1. The molecule has 0 aliphatic carbocycles. The number of aromatic nitrogens is 1. The largest absolute Gasteiger partial charge is 0.375 e. The number of nitrogens with one attached hydrogen (secondary N) is 1. The van der Waals surface area contributed by atoms with Crippen LogP contribution in [0.5, 0.6) is 0 Å². The molecular weight excluding hydrogens is 319 g/mol. The van der Waals surface area contributed by atoms with Crippen molar-refractivity contribution in [2.45, 2.75) is 33.7 Å². The van der Waals surface area contributed by atoms with E-state index in [0.29, 0.717) is 5.69 Å². The van der Waals surface area contributed by atoms with Gasteiger partial charge in [0, 0.05) is 15.9 Å². The second-order valence-electron chi connectivity index (χ2n) is 5.04. The standard InChI is InChI=1S/C16H18BrFN2/c1-9-8-10(2)19-11(3)15(9)12(4)20-16-13(17)6-5-7-14(16)18/h5-8,12,20H,1-4H3. The average Bonchev–Trinajstić information content (AvgIpc) is 2.32. The summed E-state index contributed by atoms with van der Waals surface area (Å²) in [6, 6.07) is 6.99. The summed E-state index contributed by atoms with van der Waals surface area (Å²) in [5.74, 6) is -0.262. The van der Waals surface area contributed by atoms with Crippen molar-refractivity contribution < 1.29 is 4.39 Å². The van der Waals surface area contributed by atoms with E-state index in [-0.39, 0.29) is 11.9 Å². The monoisotopic (exact) mass is 336 g/mol. The fourth-order valence-electron chi connectivity index (χ4n) is 2.61. The van der Waals surface area contributed by atoms with Gasteiger partial charge in [-0.1, -0.05) is 6.07 Å². The van der Waals surface area contributed by atoms with Crippen LogP contribution in [0.2, 0.25) is 0 Å². The van der Waals surface area contributed by atoms with Crippen LogP contribution >= 0.6 is 15.9 Å². The van der Waals surface area contributed by atoms with Crippen LogP contribution < -0.4 is 5.32 Å². The van der Waals surface area contributed by atoms with Gasteiger partial charge in [-0.15, -0.1) is 0 Å². The van der Waals surface area contributed by atoms with Gasteiger partial charge in [0.2, 0.25) is 0 Å². The molecule has 1 heterocycles. The number of hydrogen-bond donors (Lipinski definition) is 1. The molecule has 0 amide bonds. The Kier molecular flexibility index (Phi) is 4.43. The van der Waals surface area contributed by atoms with E-state index in [1.54, 1.807) is 6.07 Å². The van der Waals surface area contributed by atoms with Crippen molar-refractivity contribution in [1.29, 1.82) is 0 Å². The van der Waals surface area contributed by atoms with Gasteiger partial charge in [0.1, 0.15) is 5.82 Å². The van der Waals surface area contributed by atoms with Gasteiger partial charge in [-0.05, 0) is 73.0 Å². The number of rotatable bonds is 3. The first-order chi connectivity index (χ1) is 9.40. The maximum Gasteiger partial charge on any atom is 0.147 e. The smallest absolute Gasteiger partial charge is 0.147 e. The highest BCUT2D eigenvalue weighted by molar-refractivity contribution is 9.10. The van der Waals surface area contributed by atoms with Crippen LogP contribution in [0.15, 0.2) is 28.7 Å². The summed E-state index contributed by atoms with van der Waals surface area (Å²) in [4.78, 5) is 4.50. The predicted molar refractivity (Wildman–Crippen MR) is 84.6 cm³/mol. The Balaban J connectivity index is 2.36. The molecule has 1 aromatic carbocycles. The van der Waals surface area contributed by atoms with E-state index in [0.717, 1.165) is 21.4 Å². The maximum atomic E-state index is 13.9. The summed E-state index contributed by atoms with van der Waals surface area (Å²) in [6.07, 6.45) is 0. The van der Waals surface area contributed by atoms with Crippen LogP contribution in [0.25, 0.3) is 0 Å². The van der Waals surface area contributed by atoms with Crippen molar-refractivity contribution in [1.82, 2.24) is 4.98 Å². The molecule has 1 atom stereocenters. The zero-order valence-electron chi connectivity index (χ0n) is 12.1. The van der Waals surface area contributed by atoms with Gasteiger partial charge in [0.15, 0.2) is 0 Å². The van der Waals surface area contributed by atoms with E-state index in [9.17, 15) is 4.39 Å². The Morgan fingerprint density at radius 3 is 2.55 bits per heavy atom. The SMILES string of the molecule is Cc1cc(C)c(C(C)Nc2c(F)cccc2Br)c(C)n1. The minimum atomic E-state index is -0.262. The van der Waals surface area contributed by atoms with Crippen LogP contribution in [0, 0.1) is 26.6 Å². The van der Waals surface area contributed by atoms with Crippen LogP contribution in [-0.2, 0) is 0 Å². The lowest BCUT2D eigenvalue weighted by Crippen LogP contribution is -2.13. The highest BCUT2D eigenvalue weighted by Crippen LogP contribution is 2.31. The third-order valence-corrected chi connectivity index (χ3v) is 4.00. The quantitative estimate of drug-likeness (QED) is 0.845. The number of anilines is 1. The van der Waals surface area contributed by atoms with E-state index in [2.05, 4.69) is 39.2 Å². The van der Waals surface area contributed by atoms with Crippen LogP contribution in [0.4, 0.5) is 10.1 Å². The van der Waals surface area contributed by atoms with E-state index in [1.807, 2.05) is 26.8 Å². The lowest BCUT2D eigenvalue weighted by Gasteiger charge is -2.21. The highest BCUT2D eigenvalue weighted by Gasteiger charge is 2.16. The summed E-state index contributed by atoms with van der Waals surface area (Å²) >= 11 is 3.38. The topological polar surface area (TPSA) is 24.9 Å². The van der Waals surface area contributed by atoms with Gasteiger partial charge < -0.3 is 5.32 Å². The second-order valence-corrected chi connectivity index (χ2v) is 5.90. The summed E-state index contributed by atoms with van der Waals surface area (Å²) in [5, 5.41) is 3.23. The fourth-order valence-corrected chi connectivity index (χ4v) is 3.07. The minimum Gasteiger partial charge on any atom is -0.375 e. The number of pyridine rings is 1. The Hall–Kier alpha value is -1.42. The predicted octanol–water partition coefficient (Wildman–Crippen LogP) is 5.08. The molecule has 0 saturated carbocycles. The molecule has 2 nitrogen and oxygen atoms in total. The Labute approximate surface area is 127 Å². The molecule has 106 valence electrons. The zero-order valence-corrected chi connectivity index (χ0v) is 13.7. The molecular formula is C16H18BrFN2. The molecule has 0 bridgehead atoms. The molecule has 0 radical (unpaired) electrons. The Bertz CT molecular complexity index is 597. The third kappa shape index (κ3) is 3.01. The third-order valence-electron chi connectivity index (χ3n) is 3.34. The number of aryl methyl sites for hydroxylation is 3. The van der Waals surface area contributed by atoms with E-state index < -0.39 is 0 Å². The lowest BCUT2D eigenvalue weighted by atomic mass is 10.00. The molecule has 1 N–H and O–H groups in total.